The number of benzene rings is 1. The Morgan fingerprint density at radius 2 is 1.72 bits per heavy atom. The van der Waals surface area contributed by atoms with Gasteiger partial charge in [-0.25, -0.2) is 4.79 Å². The van der Waals surface area contributed by atoms with Crippen molar-refractivity contribution in [2.45, 2.75) is 37.6 Å². The molecule has 1 heterocycles. The summed E-state index contributed by atoms with van der Waals surface area (Å²) in [6, 6.07) is 9.25. The van der Waals surface area contributed by atoms with Crippen LogP contribution in [0.1, 0.15) is 29.6 Å². The fourth-order valence-electron chi connectivity index (χ4n) is 3.67. The Morgan fingerprint density at radius 3 is 2.39 bits per heavy atom. The van der Waals surface area contributed by atoms with Crippen LogP contribution < -0.4 is 0 Å². The number of esters is 1. The topological polar surface area (TPSA) is 38.8 Å². The summed E-state index contributed by atoms with van der Waals surface area (Å²) in [7, 11) is 0. The zero-order valence-corrected chi connectivity index (χ0v) is 10.1. The summed E-state index contributed by atoms with van der Waals surface area (Å²) >= 11 is 0. The Hall–Kier alpha value is -1.35. The van der Waals surface area contributed by atoms with Gasteiger partial charge in [0.2, 0.25) is 0 Å². The van der Waals surface area contributed by atoms with Gasteiger partial charge in [-0.15, -0.1) is 0 Å². The molecule has 1 aromatic carbocycles. The lowest BCUT2D eigenvalue weighted by Gasteiger charge is -2.29. The number of hydrogen-bond donors (Lipinski definition) is 0. The highest BCUT2D eigenvalue weighted by atomic mass is 16.6. The van der Waals surface area contributed by atoms with E-state index in [0.717, 1.165) is 12.8 Å². The van der Waals surface area contributed by atoms with Crippen molar-refractivity contribution in [3.05, 3.63) is 35.9 Å². The van der Waals surface area contributed by atoms with E-state index in [-0.39, 0.29) is 12.1 Å². The second-order valence-corrected chi connectivity index (χ2v) is 5.69. The first kappa shape index (κ1) is 10.6. The average molecular weight is 244 g/mol. The molecule has 4 rings (SSSR count). The lowest BCUT2D eigenvalue weighted by atomic mass is 9.86. The van der Waals surface area contributed by atoms with E-state index >= 15 is 0 Å². The molecule has 94 valence electrons. The molecule has 4 unspecified atom stereocenters. The van der Waals surface area contributed by atoms with Gasteiger partial charge in [-0.1, -0.05) is 18.2 Å². The Balaban J connectivity index is 1.42. The van der Waals surface area contributed by atoms with Gasteiger partial charge in [0.25, 0.3) is 0 Å². The molecule has 0 N–H and O–H groups in total. The number of epoxide rings is 1. The Labute approximate surface area is 106 Å². The molecular formula is C15H16O3. The van der Waals surface area contributed by atoms with Crippen molar-refractivity contribution in [2.75, 3.05) is 0 Å². The Kier molecular flexibility index (Phi) is 2.24. The maximum atomic E-state index is 12.0. The highest BCUT2D eigenvalue weighted by Gasteiger charge is 2.59. The largest absolute Gasteiger partial charge is 0.459 e. The molecule has 3 fully saturated rings. The molecule has 1 aromatic rings. The fraction of sp³-hybridized carbons (Fsp3) is 0.533. The number of carbonyl (C=O) groups is 1. The quantitative estimate of drug-likeness (QED) is 0.592. The molecule has 1 saturated heterocycles. The first-order valence-electron chi connectivity index (χ1n) is 6.73. The summed E-state index contributed by atoms with van der Waals surface area (Å²) < 4.78 is 11.2. The highest BCUT2D eigenvalue weighted by Crippen LogP contribution is 2.54. The minimum absolute atomic E-state index is 0.0952. The highest BCUT2D eigenvalue weighted by molar-refractivity contribution is 5.89. The van der Waals surface area contributed by atoms with Gasteiger partial charge in [-0.2, -0.15) is 0 Å². The van der Waals surface area contributed by atoms with E-state index in [9.17, 15) is 4.79 Å². The second-order valence-electron chi connectivity index (χ2n) is 5.69. The molecule has 2 saturated carbocycles. The van der Waals surface area contributed by atoms with Crippen molar-refractivity contribution < 1.29 is 14.3 Å². The number of rotatable bonds is 2. The zero-order chi connectivity index (χ0) is 12.1. The molecule has 0 amide bonds. The van der Waals surface area contributed by atoms with Gasteiger partial charge in [0.15, 0.2) is 0 Å². The van der Waals surface area contributed by atoms with Gasteiger partial charge in [-0.3, -0.25) is 0 Å². The van der Waals surface area contributed by atoms with Crippen molar-refractivity contribution in [3.63, 3.8) is 0 Å². The molecule has 4 atom stereocenters. The minimum atomic E-state index is -0.184. The van der Waals surface area contributed by atoms with E-state index in [2.05, 4.69) is 0 Å². The van der Waals surface area contributed by atoms with Crippen molar-refractivity contribution in [1.29, 1.82) is 0 Å². The first-order valence-corrected chi connectivity index (χ1v) is 6.73. The first-order chi connectivity index (χ1) is 8.81. The van der Waals surface area contributed by atoms with Gasteiger partial charge in [0, 0.05) is 0 Å². The number of fused-ring (bicyclic) bond motifs is 5. The summed E-state index contributed by atoms with van der Waals surface area (Å²) in [5.74, 6) is 1.07. The molecular weight excluding hydrogens is 228 g/mol. The van der Waals surface area contributed by atoms with Crippen LogP contribution in [-0.2, 0) is 9.47 Å². The zero-order valence-electron chi connectivity index (χ0n) is 10.1. The van der Waals surface area contributed by atoms with E-state index in [1.165, 1.54) is 6.42 Å². The van der Waals surface area contributed by atoms with Crippen LogP contribution in [0.3, 0.4) is 0 Å². The standard InChI is InChI=1S/C15H16O3/c16-15(9-4-2-1-3-5-9)17-12-7-10-6-11(8-12)14-13(10)18-14/h1-5,10-14H,6-8H2. The summed E-state index contributed by atoms with van der Waals surface area (Å²) in [6.45, 7) is 0. The third-order valence-corrected chi connectivity index (χ3v) is 4.51. The van der Waals surface area contributed by atoms with Gasteiger partial charge in [0.1, 0.15) is 6.10 Å². The number of hydrogen-bond acceptors (Lipinski definition) is 3. The minimum Gasteiger partial charge on any atom is -0.459 e. The van der Waals surface area contributed by atoms with E-state index in [0.29, 0.717) is 29.6 Å². The molecule has 3 aliphatic rings. The third kappa shape index (κ3) is 1.65. The summed E-state index contributed by atoms with van der Waals surface area (Å²) in [5, 5.41) is 0. The molecule has 3 heteroatoms. The smallest absolute Gasteiger partial charge is 0.338 e. The van der Waals surface area contributed by atoms with Crippen LogP contribution in [0.25, 0.3) is 0 Å². The summed E-state index contributed by atoms with van der Waals surface area (Å²) in [4.78, 5) is 12.0. The van der Waals surface area contributed by atoms with Gasteiger partial charge in [-0.05, 0) is 43.2 Å². The molecule has 0 aromatic heterocycles. The van der Waals surface area contributed by atoms with E-state index in [1.807, 2.05) is 18.2 Å². The van der Waals surface area contributed by atoms with Crippen LogP contribution in [0.5, 0.6) is 0 Å². The van der Waals surface area contributed by atoms with Crippen molar-refractivity contribution in [2.24, 2.45) is 11.8 Å². The summed E-state index contributed by atoms with van der Waals surface area (Å²) in [5.41, 5.74) is 0.650. The van der Waals surface area contributed by atoms with E-state index in [1.54, 1.807) is 12.1 Å². The number of ether oxygens (including phenoxy) is 2. The van der Waals surface area contributed by atoms with Crippen LogP contribution >= 0.6 is 0 Å². The average Bonchev–Trinajstić information content (AvgIpc) is 3.15. The van der Waals surface area contributed by atoms with Gasteiger partial charge >= 0.3 is 5.97 Å². The molecule has 18 heavy (non-hydrogen) atoms. The van der Waals surface area contributed by atoms with Crippen LogP contribution in [-0.4, -0.2) is 24.3 Å². The van der Waals surface area contributed by atoms with Gasteiger partial charge in [0.05, 0.1) is 17.8 Å². The molecule has 0 radical (unpaired) electrons. The lowest BCUT2D eigenvalue weighted by molar-refractivity contribution is 0.000300. The monoisotopic (exact) mass is 244 g/mol. The van der Waals surface area contributed by atoms with Crippen LogP contribution in [0.2, 0.25) is 0 Å². The second kappa shape index (κ2) is 3.82. The maximum Gasteiger partial charge on any atom is 0.338 e. The van der Waals surface area contributed by atoms with Crippen LogP contribution in [0.15, 0.2) is 30.3 Å². The van der Waals surface area contributed by atoms with E-state index < -0.39 is 0 Å². The fourth-order valence-corrected chi connectivity index (χ4v) is 3.67. The summed E-state index contributed by atoms with van der Waals surface area (Å²) in [6.07, 6.45) is 4.30. The normalized spacial score (nSPS) is 40.1. The third-order valence-electron chi connectivity index (χ3n) is 4.51. The SMILES string of the molecule is O=C(OC1CC2CC(C1)C1OC21)c1ccccc1. The van der Waals surface area contributed by atoms with Crippen molar-refractivity contribution >= 4 is 5.97 Å². The maximum absolute atomic E-state index is 12.0. The molecule has 2 bridgehead atoms. The molecule has 3 nitrogen and oxygen atoms in total. The Bertz CT molecular complexity index is 454. The van der Waals surface area contributed by atoms with Crippen LogP contribution in [0.4, 0.5) is 0 Å². The molecule has 0 spiro atoms. The predicted octanol–water partition coefficient (Wildman–Crippen LogP) is 2.41. The van der Waals surface area contributed by atoms with Crippen molar-refractivity contribution in [1.82, 2.24) is 0 Å². The Morgan fingerprint density at radius 1 is 1.06 bits per heavy atom. The molecule has 1 aliphatic heterocycles. The predicted molar refractivity (Wildman–Crippen MR) is 65.1 cm³/mol. The van der Waals surface area contributed by atoms with Crippen molar-refractivity contribution in [3.8, 4) is 0 Å². The van der Waals surface area contributed by atoms with Crippen LogP contribution in [0, 0.1) is 11.8 Å². The number of carbonyl (C=O) groups excluding carboxylic acids is 1. The van der Waals surface area contributed by atoms with E-state index in [4.69, 9.17) is 9.47 Å². The lowest BCUT2D eigenvalue weighted by Crippen LogP contribution is -2.29. The van der Waals surface area contributed by atoms with Gasteiger partial charge < -0.3 is 9.47 Å². The molecule has 2 aliphatic carbocycles.